The highest BCUT2D eigenvalue weighted by Gasteiger charge is 2.06. The summed E-state index contributed by atoms with van der Waals surface area (Å²) in [6.45, 7) is 4.35. The molecule has 0 atom stereocenters. The van der Waals surface area contributed by atoms with Gasteiger partial charge in [0.25, 0.3) is 0 Å². The second-order valence-corrected chi connectivity index (χ2v) is 4.11. The van der Waals surface area contributed by atoms with E-state index in [1.807, 2.05) is 30.3 Å². The molecule has 0 spiro atoms. The van der Waals surface area contributed by atoms with Crippen LogP contribution in [0.25, 0.3) is 11.5 Å². The van der Waals surface area contributed by atoms with Crippen molar-refractivity contribution >= 4 is 0 Å². The van der Waals surface area contributed by atoms with E-state index in [9.17, 15) is 0 Å². The third-order valence-electron chi connectivity index (χ3n) is 2.19. The Morgan fingerprint density at radius 2 is 1.93 bits per heavy atom. The smallest absolute Gasteiger partial charge is 0.226 e. The highest BCUT2D eigenvalue weighted by atomic mass is 16.3. The summed E-state index contributed by atoms with van der Waals surface area (Å²) in [5.41, 5.74) is 2.07. The highest BCUT2D eigenvalue weighted by Crippen LogP contribution is 2.19. The van der Waals surface area contributed by atoms with Gasteiger partial charge >= 0.3 is 0 Å². The molecule has 0 fully saturated rings. The van der Waals surface area contributed by atoms with Gasteiger partial charge < -0.3 is 4.42 Å². The normalized spacial score (nSPS) is 10.9. The van der Waals surface area contributed by atoms with Crippen molar-refractivity contribution in [3.8, 4) is 11.5 Å². The lowest BCUT2D eigenvalue weighted by Crippen LogP contribution is -1.93. The van der Waals surface area contributed by atoms with Gasteiger partial charge in [0.15, 0.2) is 0 Å². The van der Waals surface area contributed by atoms with Gasteiger partial charge in [-0.2, -0.15) is 0 Å². The summed E-state index contributed by atoms with van der Waals surface area (Å²) in [5, 5.41) is 0. The van der Waals surface area contributed by atoms with Gasteiger partial charge in [0, 0.05) is 5.56 Å². The molecule has 2 aromatic rings. The van der Waals surface area contributed by atoms with E-state index in [0.717, 1.165) is 17.7 Å². The second kappa shape index (κ2) is 4.30. The molecule has 0 N–H and O–H groups in total. The summed E-state index contributed by atoms with van der Waals surface area (Å²) < 4.78 is 5.44. The Kier molecular flexibility index (Phi) is 2.86. The lowest BCUT2D eigenvalue weighted by Gasteiger charge is -1.97. The molecule has 78 valence electrons. The van der Waals surface area contributed by atoms with Gasteiger partial charge in [0.05, 0.1) is 5.69 Å². The van der Waals surface area contributed by atoms with E-state index in [2.05, 4.69) is 18.8 Å². The van der Waals surface area contributed by atoms with E-state index in [-0.39, 0.29) is 0 Å². The topological polar surface area (TPSA) is 26.0 Å². The van der Waals surface area contributed by atoms with Crippen LogP contribution in [0.5, 0.6) is 0 Å². The van der Waals surface area contributed by atoms with Gasteiger partial charge in [-0.05, 0) is 24.5 Å². The molecule has 0 aliphatic carbocycles. The molecule has 1 aromatic heterocycles. The largest absolute Gasteiger partial charge is 0.444 e. The minimum absolute atomic E-state index is 0.610. The zero-order valence-corrected chi connectivity index (χ0v) is 9.10. The zero-order valence-electron chi connectivity index (χ0n) is 9.10. The minimum atomic E-state index is 0.610. The van der Waals surface area contributed by atoms with Crippen molar-refractivity contribution in [3.05, 3.63) is 42.3 Å². The molecule has 1 aromatic carbocycles. The molecule has 0 aliphatic rings. The Labute approximate surface area is 90.0 Å². The zero-order chi connectivity index (χ0) is 10.7. The number of nitrogens with zero attached hydrogens (tertiary/aromatic N) is 1. The number of oxazole rings is 1. The Bertz CT molecular complexity index is 417. The van der Waals surface area contributed by atoms with Crippen LogP contribution >= 0.6 is 0 Å². The average molecular weight is 201 g/mol. The van der Waals surface area contributed by atoms with Gasteiger partial charge in [-0.3, -0.25) is 0 Å². The third-order valence-corrected chi connectivity index (χ3v) is 2.19. The van der Waals surface area contributed by atoms with Crippen molar-refractivity contribution in [1.82, 2.24) is 4.98 Å². The van der Waals surface area contributed by atoms with Crippen LogP contribution in [-0.4, -0.2) is 4.98 Å². The van der Waals surface area contributed by atoms with E-state index in [1.54, 1.807) is 6.26 Å². The van der Waals surface area contributed by atoms with Crippen molar-refractivity contribution in [3.63, 3.8) is 0 Å². The van der Waals surface area contributed by atoms with Crippen molar-refractivity contribution in [2.24, 2.45) is 5.92 Å². The second-order valence-electron chi connectivity index (χ2n) is 4.11. The number of hydrogen-bond donors (Lipinski definition) is 0. The fraction of sp³-hybridized carbons (Fsp3) is 0.308. The molecule has 0 aliphatic heterocycles. The van der Waals surface area contributed by atoms with Crippen molar-refractivity contribution in [2.45, 2.75) is 20.3 Å². The lowest BCUT2D eigenvalue weighted by atomic mass is 10.1. The van der Waals surface area contributed by atoms with Gasteiger partial charge in [0.2, 0.25) is 5.89 Å². The van der Waals surface area contributed by atoms with Crippen molar-refractivity contribution < 1.29 is 4.42 Å². The van der Waals surface area contributed by atoms with Gasteiger partial charge in [-0.1, -0.05) is 32.0 Å². The predicted molar refractivity (Wildman–Crippen MR) is 60.5 cm³/mol. The van der Waals surface area contributed by atoms with E-state index >= 15 is 0 Å². The first-order valence-corrected chi connectivity index (χ1v) is 5.25. The lowest BCUT2D eigenvalue weighted by molar-refractivity contribution is 0.567. The van der Waals surface area contributed by atoms with E-state index in [4.69, 9.17) is 4.42 Å². The van der Waals surface area contributed by atoms with Crippen LogP contribution in [0, 0.1) is 5.92 Å². The summed E-state index contributed by atoms with van der Waals surface area (Å²) in [6.07, 6.45) is 2.72. The first kappa shape index (κ1) is 9.97. The Morgan fingerprint density at radius 3 is 2.60 bits per heavy atom. The first-order valence-electron chi connectivity index (χ1n) is 5.25. The molecule has 0 saturated heterocycles. The maximum Gasteiger partial charge on any atom is 0.226 e. The molecular weight excluding hydrogens is 186 g/mol. The minimum Gasteiger partial charge on any atom is -0.444 e. The molecule has 15 heavy (non-hydrogen) atoms. The number of rotatable bonds is 3. The fourth-order valence-electron chi connectivity index (χ4n) is 1.53. The quantitative estimate of drug-likeness (QED) is 0.759. The summed E-state index contributed by atoms with van der Waals surface area (Å²) in [4.78, 5) is 4.45. The van der Waals surface area contributed by atoms with Crippen LogP contribution in [-0.2, 0) is 6.42 Å². The van der Waals surface area contributed by atoms with E-state index in [1.165, 1.54) is 0 Å². The molecule has 1 heterocycles. The fourth-order valence-corrected chi connectivity index (χ4v) is 1.53. The van der Waals surface area contributed by atoms with Crippen LogP contribution in [0.4, 0.5) is 0 Å². The van der Waals surface area contributed by atoms with Crippen LogP contribution in [0.1, 0.15) is 19.5 Å². The van der Waals surface area contributed by atoms with Crippen LogP contribution in [0.15, 0.2) is 41.0 Å². The SMILES string of the molecule is CC(C)Cc1coc(-c2ccccc2)n1. The predicted octanol–water partition coefficient (Wildman–Crippen LogP) is 3.54. The summed E-state index contributed by atoms with van der Waals surface area (Å²) >= 11 is 0. The molecule has 2 rings (SSSR count). The monoisotopic (exact) mass is 201 g/mol. The third kappa shape index (κ3) is 2.46. The van der Waals surface area contributed by atoms with Crippen molar-refractivity contribution in [2.75, 3.05) is 0 Å². The molecule has 0 radical (unpaired) electrons. The number of aromatic nitrogens is 1. The summed E-state index contributed by atoms with van der Waals surface area (Å²) in [5.74, 6) is 1.32. The van der Waals surface area contributed by atoms with Gasteiger partial charge in [-0.25, -0.2) is 4.98 Å². The Morgan fingerprint density at radius 1 is 1.20 bits per heavy atom. The molecule has 0 amide bonds. The maximum absolute atomic E-state index is 5.44. The standard InChI is InChI=1S/C13H15NO/c1-10(2)8-12-9-15-13(14-12)11-6-4-3-5-7-11/h3-7,9-10H,8H2,1-2H3. The van der Waals surface area contributed by atoms with E-state index < -0.39 is 0 Å². The maximum atomic E-state index is 5.44. The van der Waals surface area contributed by atoms with E-state index in [0.29, 0.717) is 11.8 Å². The Balaban J connectivity index is 2.21. The van der Waals surface area contributed by atoms with Gasteiger partial charge in [0.1, 0.15) is 6.26 Å². The van der Waals surface area contributed by atoms with Crippen LogP contribution < -0.4 is 0 Å². The average Bonchev–Trinajstić information content (AvgIpc) is 2.67. The number of benzene rings is 1. The van der Waals surface area contributed by atoms with Crippen LogP contribution in [0.3, 0.4) is 0 Å². The van der Waals surface area contributed by atoms with Crippen LogP contribution in [0.2, 0.25) is 0 Å². The highest BCUT2D eigenvalue weighted by molar-refractivity contribution is 5.52. The Hall–Kier alpha value is -1.57. The number of hydrogen-bond acceptors (Lipinski definition) is 2. The molecular formula is C13H15NO. The molecule has 2 nitrogen and oxygen atoms in total. The molecule has 0 unspecified atom stereocenters. The van der Waals surface area contributed by atoms with Gasteiger partial charge in [-0.15, -0.1) is 0 Å². The summed E-state index contributed by atoms with van der Waals surface area (Å²) in [7, 11) is 0. The molecule has 0 bridgehead atoms. The first-order chi connectivity index (χ1) is 7.25. The molecule has 0 saturated carbocycles. The summed E-state index contributed by atoms with van der Waals surface area (Å²) in [6, 6.07) is 9.97. The van der Waals surface area contributed by atoms with Crippen molar-refractivity contribution in [1.29, 1.82) is 0 Å². The molecule has 2 heteroatoms.